The van der Waals surface area contributed by atoms with Crippen LogP contribution in [-0.4, -0.2) is 18.6 Å². The van der Waals surface area contributed by atoms with Crippen molar-refractivity contribution in [1.29, 1.82) is 0 Å². The van der Waals surface area contributed by atoms with Gasteiger partial charge in [-0.25, -0.2) is 0 Å². The van der Waals surface area contributed by atoms with Crippen molar-refractivity contribution >= 4 is 5.69 Å². The Balaban J connectivity index is 1.84. The fraction of sp³-hybridized carbons (Fsp3) is 0.393. The number of methoxy groups -OCH3 is 1. The highest BCUT2D eigenvalue weighted by Crippen LogP contribution is 2.55. The Bertz CT molecular complexity index is 1310. The summed E-state index contributed by atoms with van der Waals surface area (Å²) < 4.78 is 17.7. The summed E-state index contributed by atoms with van der Waals surface area (Å²) in [5.74, 6) is 0.607. The number of nitro groups is 1. The van der Waals surface area contributed by atoms with Crippen molar-refractivity contribution < 1.29 is 18.8 Å². The Morgan fingerprint density at radius 1 is 1.03 bits per heavy atom. The molecule has 1 spiro atoms. The maximum atomic E-state index is 12.8. The fourth-order valence-electron chi connectivity index (χ4n) is 5.69. The van der Waals surface area contributed by atoms with E-state index in [-0.39, 0.29) is 27.9 Å². The molecule has 1 fully saturated rings. The summed E-state index contributed by atoms with van der Waals surface area (Å²) in [5.41, 5.74) is 4.83. The van der Waals surface area contributed by atoms with Crippen LogP contribution in [0.15, 0.2) is 68.4 Å². The van der Waals surface area contributed by atoms with E-state index in [1.54, 1.807) is 26.0 Å². The molecule has 1 aromatic carbocycles. The molecular formula is C28H31NO6. The summed E-state index contributed by atoms with van der Waals surface area (Å²) in [6, 6.07) is 6.77. The number of nitro benzene ring substituents is 1. The topological polar surface area (TPSA) is 91.8 Å². The monoisotopic (exact) mass is 477 g/mol. The predicted octanol–water partition coefficient (Wildman–Crippen LogP) is 6.26. The molecule has 1 aromatic heterocycles. The molecule has 1 saturated heterocycles. The lowest BCUT2D eigenvalue weighted by Crippen LogP contribution is -2.29. The van der Waals surface area contributed by atoms with Crippen LogP contribution in [0.25, 0.3) is 0 Å². The van der Waals surface area contributed by atoms with Gasteiger partial charge in [0.2, 0.25) is 0 Å². The minimum Gasteiger partial charge on any atom is -0.468 e. The van der Waals surface area contributed by atoms with Crippen molar-refractivity contribution in [2.75, 3.05) is 13.7 Å². The van der Waals surface area contributed by atoms with Gasteiger partial charge in [-0.3, -0.25) is 14.9 Å². The molecule has 3 atom stereocenters. The molecule has 184 valence electrons. The molecule has 2 aliphatic rings. The highest BCUT2D eigenvalue weighted by molar-refractivity contribution is 5.45. The summed E-state index contributed by atoms with van der Waals surface area (Å²) in [6.45, 7) is 10.1. The third-order valence-electron chi connectivity index (χ3n) is 7.05. The van der Waals surface area contributed by atoms with E-state index in [1.165, 1.54) is 7.11 Å². The van der Waals surface area contributed by atoms with Crippen molar-refractivity contribution in [2.45, 2.75) is 53.1 Å². The van der Waals surface area contributed by atoms with Gasteiger partial charge in [-0.1, -0.05) is 47.1 Å². The smallest absolute Gasteiger partial charge is 0.291 e. The zero-order chi connectivity index (χ0) is 25.5. The first-order chi connectivity index (χ1) is 16.6. The second-order valence-electron chi connectivity index (χ2n) is 9.72. The van der Waals surface area contributed by atoms with Crippen LogP contribution in [-0.2, 0) is 4.74 Å². The van der Waals surface area contributed by atoms with E-state index in [0.29, 0.717) is 29.9 Å². The van der Waals surface area contributed by atoms with E-state index in [9.17, 15) is 14.9 Å². The molecule has 2 heterocycles. The van der Waals surface area contributed by atoms with Gasteiger partial charge in [-0.05, 0) is 46.6 Å². The molecule has 0 radical (unpaired) electrons. The number of rotatable bonds is 4. The molecular weight excluding hydrogens is 446 g/mol. The van der Waals surface area contributed by atoms with E-state index in [2.05, 4.69) is 39.0 Å². The lowest BCUT2D eigenvalue weighted by molar-refractivity contribution is -0.384. The van der Waals surface area contributed by atoms with Crippen molar-refractivity contribution in [3.05, 3.63) is 102 Å². The van der Waals surface area contributed by atoms with Crippen LogP contribution in [0.1, 0.15) is 61.7 Å². The zero-order valence-electron chi connectivity index (χ0n) is 21.0. The molecule has 0 saturated carbocycles. The highest BCUT2D eigenvalue weighted by Gasteiger charge is 2.48. The Labute approximate surface area is 204 Å². The number of allylic oxidation sites excluding steroid dienone is 5. The number of nitrogens with zero attached hydrogens (tertiary/aromatic N) is 1. The molecule has 2 aromatic rings. The fourth-order valence-corrected chi connectivity index (χ4v) is 5.69. The van der Waals surface area contributed by atoms with Crippen LogP contribution in [0.4, 0.5) is 5.69 Å². The van der Waals surface area contributed by atoms with Crippen molar-refractivity contribution in [1.82, 2.24) is 0 Å². The SMILES string of the molecule is COc1oc([C@H]2C[C@]3(\C=C(C)/C=C(C)\C=C(\C)[C@H]3c3ccc([N+](=O)[O-])cc3)CO2)c(C)c(=O)c1C. The summed E-state index contributed by atoms with van der Waals surface area (Å²) in [5, 5.41) is 11.2. The van der Waals surface area contributed by atoms with Gasteiger partial charge in [-0.2, -0.15) is 0 Å². The average molecular weight is 478 g/mol. The minimum absolute atomic E-state index is 0.0581. The molecule has 7 nitrogen and oxygen atoms in total. The third-order valence-corrected chi connectivity index (χ3v) is 7.05. The minimum atomic E-state index is -0.439. The first-order valence-corrected chi connectivity index (χ1v) is 11.7. The van der Waals surface area contributed by atoms with Gasteiger partial charge < -0.3 is 13.9 Å². The first kappa shape index (κ1) is 24.7. The van der Waals surface area contributed by atoms with Gasteiger partial charge in [0, 0.05) is 29.0 Å². The molecule has 4 rings (SSSR count). The van der Waals surface area contributed by atoms with Gasteiger partial charge in [0.25, 0.3) is 11.6 Å². The van der Waals surface area contributed by atoms with Gasteiger partial charge in [-0.15, -0.1) is 0 Å². The van der Waals surface area contributed by atoms with E-state index in [0.717, 1.165) is 22.3 Å². The Morgan fingerprint density at radius 2 is 1.71 bits per heavy atom. The second-order valence-corrected chi connectivity index (χ2v) is 9.72. The molecule has 0 unspecified atom stereocenters. The Kier molecular flexibility index (Phi) is 6.56. The summed E-state index contributed by atoms with van der Waals surface area (Å²) in [7, 11) is 1.48. The molecule has 0 bridgehead atoms. The van der Waals surface area contributed by atoms with E-state index in [4.69, 9.17) is 13.9 Å². The van der Waals surface area contributed by atoms with Gasteiger partial charge in [0.05, 0.1) is 24.2 Å². The van der Waals surface area contributed by atoms with Crippen molar-refractivity contribution in [3.63, 3.8) is 0 Å². The van der Waals surface area contributed by atoms with Crippen molar-refractivity contribution in [3.8, 4) is 5.95 Å². The quantitative estimate of drug-likeness (QED) is 0.381. The number of hydrogen-bond donors (Lipinski definition) is 0. The highest BCUT2D eigenvalue weighted by atomic mass is 16.6. The van der Waals surface area contributed by atoms with Crippen LogP contribution < -0.4 is 10.2 Å². The molecule has 7 heteroatoms. The normalized spacial score (nSPS) is 28.8. The average Bonchev–Trinajstić information content (AvgIpc) is 3.21. The summed E-state index contributed by atoms with van der Waals surface area (Å²) >= 11 is 0. The maximum absolute atomic E-state index is 12.8. The van der Waals surface area contributed by atoms with Crippen LogP contribution >= 0.6 is 0 Å². The molecule has 35 heavy (non-hydrogen) atoms. The first-order valence-electron chi connectivity index (χ1n) is 11.7. The van der Waals surface area contributed by atoms with Gasteiger partial charge in [0.1, 0.15) is 11.9 Å². The van der Waals surface area contributed by atoms with E-state index >= 15 is 0 Å². The molecule has 0 amide bonds. The maximum Gasteiger partial charge on any atom is 0.291 e. The Hall–Kier alpha value is -3.45. The van der Waals surface area contributed by atoms with E-state index in [1.807, 2.05) is 12.1 Å². The molecule has 0 N–H and O–H groups in total. The zero-order valence-corrected chi connectivity index (χ0v) is 21.0. The van der Waals surface area contributed by atoms with Gasteiger partial charge in [0.15, 0.2) is 5.43 Å². The largest absolute Gasteiger partial charge is 0.468 e. The van der Waals surface area contributed by atoms with Crippen LogP contribution in [0, 0.1) is 29.4 Å². The third kappa shape index (κ3) is 4.48. The summed E-state index contributed by atoms with van der Waals surface area (Å²) in [6.07, 6.45) is 6.71. The predicted molar refractivity (Wildman–Crippen MR) is 134 cm³/mol. The Morgan fingerprint density at radius 3 is 2.34 bits per heavy atom. The van der Waals surface area contributed by atoms with Crippen LogP contribution in [0.5, 0.6) is 5.95 Å². The lowest BCUT2D eigenvalue weighted by Gasteiger charge is -2.37. The van der Waals surface area contributed by atoms with Crippen LogP contribution in [0.2, 0.25) is 0 Å². The number of hydrogen-bond acceptors (Lipinski definition) is 6. The summed E-state index contributed by atoms with van der Waals surface area (Å²) in [4.78, 5) is 23.7. The van der Waals surface area contributed by atoms with Crippen molar-refractivity contribution in [2.24, 2.45) is 5.41 Å². The number of benzene rings is 1. The molecule has 1 aliphatic carbocycles. The number of non-ortho nitro benzene ring substituents is 1. The number of ether oxygens (including phenoxy) is 2. The molecule has 1 aliphatic heterocycles. The lowest BCUT2D eigenvalue weighted by atomic mass is 9.65. The van der Waals surface area contributed by atoms with Crippen LogP contribution in [0.3, 0.4) is 0 Å². The van der Waals surface area contributed by atoms with E-state index < -0.39 is 11.5 Å². The van der Waals surface area contributed by atoms with Gasteiger partial charge >= 0.3 is 0 Å². The second kappa shape index (κ2) is 9.30. The standard InChI is InChI=1S/C28H31NO6/c1-16-11-17(2)13-28(24(18(3)12-16)21-7-9-22(10-8-21)29(31)32)14-23(34-15-28)26-19(4)25(30)20(5)27(33-6)35-26/h7-13,23-24H,14-15H2,1-6H3/b16-11-,17-13-,18-12-/t23-,24+,28-/m1/s1.